The van der Waals surface area contributed by atoms with Gasteiger partial charge >= 0.3 is 0 Å². The van der Waals surface area contributed by atoms with Crippen molar-refractivity contribution in [2.24, 2.45) is 0 Å². The van der Waals surface area contributed by atoms with Gasteiger partial charge in [-0.2, -0.15) is 0 Å². The van der Waals surface area contributed by atoms with Crippen LogP contribution < -0.4 is 10.6 Å². The topological polar surface area (TPSA) is 96.5 Å². The van der Waals surface area contributed by atoms with E-state index in [1.165, 1.54) is 6.92 Å². The molecular formula is C26H31N5O3. The molecule has 178 valence electrons. The van der Waals surface area contributed by atoms with Gasteiger partial charge in [-0.1, -0.05) is 25.1 Å². The molecule has 0 radical (unpaired) electrons. The molecule has 2 amide bonds. The Hall–Kier alpha value is -3.78. The summed E-state index contributed by atoms with van der Waals surface area (Å²) in [6, 6.07) is 16.6. The maximum absolute atomic E-state index is 13.1. The minimum absolute atomic E-state index is 0.0386. The maximum Gasteiger partial charge on any atom is 0.254 e. The predicted octanol–water partition coefficient (Wildman–Crippen LogP) is 4.73. The summed E-state index contributed by atoms with van der Waals surface area (Å²) < 4.78 is 5.35. The second-order valence-electron chi connectivity index (χ2n) is 8.03. The number of carbonyl (C=O) groups is 2. The van der Waals surface area contributed by atoms with E-state index in [0.717, 1.165) is 29.1 Å². The number of nitrogens with zero attached hydrogens (tertiary/aromatic N) is 3. The molecule has 0 saturated heterocycles. The first-order valence-electron chi connectivity index (χ1n) is 11.3. The highest BCUT2D eigenvalue weighted by Crippen LogP contribution is 2.22. The van der Waals surface area contributed by atoms with Gasteiger partial charge in [0.2, 0.25) is 11.9 Å². The highest BCUT2D eigenvalue weighted by molar-refractivity contribution is 5.95. The first-order chi connectivity index (χ1) is 16.4. The molecular weight excluding hydrogens is 430 g/mol. The van der Waals surface area contributed by atoms with E-state index in [1.54, 1.807) is 19.4 Å². The number of ether oxygens (including phenoxy) is 1. The summed E-state index contributed by atoms with van der Waals surface area (Å²) in [5.74, 6) is 0.266. The van der Waals surface area contributed by atoms with Gasteiger partial charge in [0.05, 0.1) is 11.8 Å². The number of hydrogen-bond acceptors (Lipinski definition) is 6. The number of methoxy groups -OCH3 is 1. The monoisotopic (exact) mass is 461 g/mol. The Balaban J connectivity index is 1.76. The van der Waals surface area contributed by atoms with Crippen LogP contribution in [0.4, 0.5) is 17.3 Å². The van der Waals surface area contributed by atoms with Gasteiger partial charge in [-0.05, 0) is 49.7 Å². The highest BCUT2D eigenvalue weighted by atomic mass is 16.5. The van der Waals surface area contributed by atoms with Gasteiger partial charge in [0.25, 0.3) is 5.91 Å². The average molecular weight is 462 g/mol. The second-order valence-corrected chi connectivity index (χ2v) is 8.03. The lowest BCUT2D eigenvalue weighted by atomic mass is 10.1. The summed E-state index contributed by atoms with van der Waals surface area (Å²) in [5.41, 5.74) is 3.67. The van der Waals surface area contributed by atoms with E-state index >= 15 is 0 Å². The Labute approximate surface area is 200 Å². The van der Waals surface area contributed by atoms with E-state index in [4.69, 9.17) is 4.74 Å². The van der Waals surface area contributed by atoms with Crippen LogP contribution in [-0.2, 0) is 9.53 Å². The molecule has 1 aromatic heterocycles. The standard InChI is InChI=1S/C26H31N5O3/c1-5-15-31(17-18(2)34-4)25(33)21-7-6-8-23(16-21)29-26-27-14-13-24(30-26)20-9-11-22(12-10-20)28-19(3)32/h6-14,16,18H,5,15,17H2,1-4H3,(H,28,32)(H,27,29,30)/t18-/m0/s1. The Bertz CT molecular complexity index is 1120. The lowest BCUT2D eigenvalue weighted by Crippen LogP contribution is -2.37. The second kappa shape index (κ2) is 11.9. The van der Waals surface area contributed by atoms with Crippen LogP contribution in [0.5, 0.6) is 0 Å². The Kier molecular flexibility index (Phi) is 8.70. The van der Waals surface area contributed by atoms with Crippen molar-refractivity contribution < 1.29 is 14.3 Å². The zero-order valence-corrected chi connectivity index (χ0v) is 20.0. The first-order valence-corrected chi connectivity index (χ1v) is 11.3. The fraction of sp³-hybridized carbons (Fsp3) is 0.308. The predicted molar refractivity (Wildman–Crippen MR) is 134 cm³/mol. The molecule has 1 heterocycles. The molecule has 0 aliphatic rings. The number of nitrogens with one attached hydrogen (secondary N) is 2. The smallest absolute Gasteiger partial charge is 0.254 e. The molecule has 3 rings (SSSR count). The number of benzene rings is 2. The molecule has 2 N–H and O–H groups in total. The maximum atomic E-state index is 13.1. The zero-order chi connectivity index (χ0) is 24.5. The van der Waals surface area contributed by atoms with E-state index in [2.05, 4.69) is 20.6 Å². The van der Waals surface area contributed by atoms with E-state index in [9.17, 15) is 9.59 Å². The van der Waals surface area contributed by atoms with Crippen LogP contribution in [-0.4, -0.2) is 53.0 Å². The largest absolute Gasteiger partial charge is 0.380 e. The van der Waals surface area contributed by atoms with Crippen molar-refractivity contribution in [3.63, 3.8) is 0 Å². The number of rotatable bonds is 10. The molecule has 0 aliphatic heterocycles. The summed E-state index contributed by atoms with van der Waals surface area (Å²) >= 11 is 0. The fourth-order valence-electron chi connectivity index (χ4n) is 3.48. The van der Waals surface area contributed by atoms with Crippen molar-refractivity contribution in [2.75, 3.05) is 30.8 Å². The van der Waals surface area contributed by atoms with Gasteiger partial charge in [0.15, 0.2) is 0 Å². The van der Waals surface area contributed by atoms with Crippen LogP contribution in [0.2, 0.25) is 0 Å². The summed E-state index contributed by atoms with van der Waals surface area (Å²) in [4.78, 5) is 35.1. The van der Waals surface area contributed by atoms with Gasteiger partial charge in [0.1, 0.15) is 0 Å². The summed E-state index contributed by atoms with van der Waals surface area (Å²) in [5, 5.41) is 5.94. The molecule has 0 spiro atoms. The number of anilines is 3. The quantitative estimate of drug-likeness (QED) is 0.453. The van der Waals surface area contributed by atoms with Crippen LogP contribution in [0.3, 0.4) is 0 Å². The number of amides is 2. The van der Waals surface area contributed by atoms with Gasteiger partial charge < -0.3 is 20.3 Å². The van der Waals surface area contributed by atoms with Crippen molar-refractivity contribution in [3.8, 4) is 11.3 Å². The third kappa shape index (κ3) is 6.86. The van der Waals surface area contributed by atoms with Crippen molar-refractivity contribution in [1.82, 2.24) is 14.9 Å². The van der Waals surface area contributed by atoms with Crippen LogP contribution in [0.15, 0.2) is 60.8 Å². The Morgan fingerprint density at radius 3 is 2.53 bits per heavy atom. The zero-order valence-electron chi connectivity index (χ0n) is 20.0. The molecule has 0 bridgehead atoms. The minimum Gasteiger partial charge on any atom is -0.380 e. The molecule has 0 fully saturated rings. The van der Waals surface area contributed by atoms with Crippen LogP contribution in [0.25, 0.3) is 11.3 Å². The Morgan fingerprint density at radius 1 is 1.09 bits per heavy atom. The van der Waals surface area contributed by atoms with Gasteiger partial charge in [-0.3, -0.25) is 9.59 Å². The van der Waals surface area contributed by atoms with Crippen molar-refractivity contribution in [3.05, 3.63) is 66.4 Å². The SMILES string of the molecule is CCCN(C[C@H](C)OC)C(=O)c1cccc(Nc2nccc(-c3ccc(NC(C)=O)cc3)n2)c1. The number of hydrogen-bond donors (Lipinski definition) is 2. The van der Waals surface area contributed by atoms with E-state index < -0.39 is 0 Å². The molecule has 34 heavy (non-hydrogen) atoms. The normalized spacial score (nSPS) is 11.5. The molecule has 3 aromatic rings. The molecule has 8 heteroatoms. The van der Waals surface area contributed by atoms with Crippen molar-refractivity contribution in [1.29, 1.82) is 0 Å². The van der Waals surface area contributed by atoms with Crippen LogP contribution in [0.1, 0.15) is 37.6 Å². The molecule has 1 atom stereocenters. The average Bonchev–Trinajstić information content (AvgIpc) is 2.83. The van der Waals surface area contributed by atoms with Gasteiger partial charge in [0, 0.05) is 55.8 Å². The molecule has 2 aromatic carbocycles. The summed E-state index contributed by atoms with van der Waals surface area (Å²) in [6.07, 6.45) is 2.50. The van der Waals surface area contributed by atoms with E-state index in [1.807, 2.05) is 67.3 Å². The lowest BCUT2D eigenvalue weighted by Gasteiger charge is -2.25. The van der Waals surface area contributed by atoms with Crippen molar-refractivity contribution in [2.45, 2.75) is 33.3 Å². The first kappa shape index (κ1) is 24.9. The van der Waals surface area contributed by atoms with E-state index in [-0.39, 0.29) is 17.9 Å². The Morgan fingerprint density at radius 2 is 1.85 bits per heavy atom. The third-order valence-corrected chi connectivity index (χ3v) is 5.18. The molecule has 0 saturated carbocycles. The summed E-state index contributed by atoms with van der Waals surface area (Å²) in [7, 11) is 1.65. The number of aromatic nitrogens is 2. The van der Waals surface area contributed by atoms with Crippen LogP contribution in [0, 0.1) is 0 Å². The van der Waals surface area contributed by atoms with E-state index in [0.29, 0.717) is 24.6 Å². The van der Waals surface area contributed by atoms with Gasteiger partial charge in [-0.15, -0.1) is 0 Å². The fourth-order valence-corrected chi connectivity index (χ4v) is 3.48. The van der Waals surface area contributed by atoms with Crippen molar-refractivity contribution >= 4 is 29.1 Å². The van der Waals surface area contributed by atoms with Crippen LogP contribution >= 0.6 is 0 Å². The lowest BCUT2D eigenvalue weighted by molar-refractivity contribution is -0.114. The molecule has 8 nitrogen and oxygen atoms in total. The molecule has 0 unspecified atom stereocenters. The summed E-state index contributed by atoms with van der Waals surface area (Å²) in [6.45, 7) is 6.67. The highest BCUT2D eigenvalue weighted by Gasteiger charge is 2.18. The molecule has 0 aliphatic carbocycles. The van der Waals surface area contributed by atoms with Gasteiger partial charge in [-0.25, -0.2) is 9.97 Å². The number of carbonyl (C=O) groups excluding carboxylic acids is 2. The third-order valence-electron chi connectivity index (χ3n) is 5.18. The minimum atomic E-state index is -0.118.